The van der Waals surface area contributed by atoms with Gasteiger partial charge in [0.15, 0.2) is 0 Å². The fraction of sp³-hybridized carbons (Fsp3) is 0.533. The largest absolute Gasteiger partial charge is 0.480 e. The Labute approximate surface area is 117 Å². The highest BCUT2D eigenvalue weighted by Gasteiger charge is 2.40. The molecule has 1 aromatic carbocycles. The van der Waals surface area contributed by atoms with Crippen molar-refractivity contribution in [3.05, 3.63) is 35.9 Å². The molecule has 1 fully saturated rings. The molecule has 2 atom stereocenters. The molecule has 1 aliphatic heterocycles. The fourth-order valence-corrected chi connectivity index (χ4v) is 2.66. The summed E-state index contributed by atoms with van der Waals surface area (Å²) in [4.78, 5) is 12.6. The van der Waals surface area contributed by atoms with Crippen LogP contribution in [-0.4, -0.2) is 35.1 Å². The number of hydrogen-bond donors (Lipinski definition) is 1. The van der Waals surface area contributed by atoms with E-state index in [2.05, 4.69) is 0 Å². The number of hydrogen-bond acceptors (Lipinski definition) is 2. The van der Waals surface area contributed by atoms with Crippen molar-refractivity contribution in [2.45, 2.75) is 31.7 Å². The molecular weight excluding hydrogens is 264 g/mol. The number of carbonyl (C=O) groups is 1. The Kier molecular flexibility index (Phi) is 4.38. The van der Waals surface area contributed by atoms with Crippen LogP contribution in [0.3, 0.4) is 0 Å². The number of nitrogens with zero attached hydrogens (tertiary/aromatic N) is 1. The van der Waals surface area contributed by atoms with E-state index < -0.39 is 24.5 Å². The van der Waals surface area contributed by atoms with E-state index in [1.165, 1.54) is 17.0 Å². The summed E-state index contributed by atoms with van der Waals surface area (Å²) in [5.74, 6) is -3.78. The molecule has 5 heteroatoms. The van der Waals surface area contributed by atoms with E-state index in [1.807, 2.05) is 6.92 Å². The van der Waals surface area contributed by atoms with Crippen molar-refractivity contribution in [2.24, 2.45) is 5.92 Å². The number of aliphatic carboxylic acids is 1. The number of likely N-dealkylation sites (tertiary alicyclic amines) is 1. The molecule has 0 aromatic heterocycles. The average Bonchev–Trinajstić information content (AvgIpc) is 2.41. The van der Waals surface area contributed by atoms with Crippen molar-refractivity contribution >= 4 is 5.97 Å². The number of rotatable bonds is 4. The number of halogens is 2. The molecule has 1 N–H and O–H groups in total. The van der Waals surface area contributed by atoms with Crippen LogP contribution in [0.4, 0.5) is 8.78 Å². The zero-order valence-corrected chi connectivity index (χ0v) is 11.4. The number of alkyl halides is 2. The summed E-state index contributed by atoms with van der Waals surface area (Å²) in [6.07, 6.45) is 1.19. The van der Waals surface area contributed by atoms with E-state index >= 15 is 0 Å². The Morgan fingerprint density at radius 3 is 2.65 bits per heavy atom. The first kappa shape index (κ1) is 14.9. The maximum atomic E-state index is 14.2. The molecule has 1 aromatic rings. The smallest absolute Gasteiger partial charge is 0.320 e. The Morgan fingerprint density at radius 2 is 2.05 bits per heavy atom. The van der Waals surface area contributed by atoms with E-state index in [4.69, 9.17) is 0 Å². The molecule has 3 nitrogen and oxygen atoms in total. The van der Waals surface area contributed by atoms with Gasteiger partial charge in [-0.25, -0.2) is 0 Å². The quantitative estimate of drug-likeness (QED) is 0.923. The maximum absolute atomic E-state index is 14.2. The maximum Gasteiger partial charge on any atom is 0.320 e. The number of piperidine rings is 1. The Bertz CT molecular complexity index is 464. The molecule has 2 rings (SSSR count). The molecule has 1 aliphatic rings. The van der Waals surface area contributed by atoms with Crippen molar-refractivity contribution < 1.29 is 18.7 Å². The van der Waals surface area contributed by atoms with Crippen LogP contribution in [0.15, 0.2) is 30.3 Å². The molecule has 0 amide bonds. The second-order valence-corrected chi connectivity index (χ2v) is 5.52. The predicted molar refractivity (Wildman–Crippen MR) is 71.7 cm³/mol. The molecule has 0 spiro atoms. The van der Waals surface area contributed by atoms with Crippen LogP contribution in [-0.2, 0) is 10.7 Å². The highest BCUT2D eigenvalue weighted by molar-refractivity contribution is 5.73. The summed E-state index contributed by atoms with van der Waals surface area (Å²) in [5, 5.41) is 9.21. The standard InChI is InChI=1S/C15H19F2NO2/c1-11-7-8-18(13(9-11)14(19)20)10-15(16,17)12-5-3-2-4-6-12/h2-6,11,13H,7-10H2,1H3,(H,19,20). The summed E-state index contributed by atoms with van der Waals surface area (Å²) < 4.78 is 28.5. The Balaban J connectivity index is 2.13. The monoisotopic (exact) mass is 283 g/mol. The van der Waals surface area contributed by atoms with Gasteiger partial charge in [0.1, 0.15) is 6.04 Å². The van der Waals surface area contributed by atoms with Gasteiger partial charge in [-0.1, -0.05) is 37.3 Å². The van der Waals surface area contributed by atoms with Crippen LogP contribution in [0.25, 0.3) is 0 Å². The molecule has 0 aliphatic carbocycles. The number of carboxylic acid groups (broad SMARTS) is 1. The minimum absolute atomic E-state index is 0.0669. The van der Waals surface area contributed by atoms with Crippen LogP contribution >= 0.6 is 0 Å². The zero-order valence-electron chi connectivity index (χ0n) is 11.4. The minimum atomic E-state index is -3.03. The third kappa shape index (κ3) is 3.33. The highest BCUT2D eigenvalue weighted by atomic mass is 19.3. The molecule has 1 heterocycles. The molecule has 20 heavy (non-hydrogen) atoms. The third-order valence-electron chi connectivity index (χ3n) is 3.86. The van der Waals surface area contributed by atoms with E-state index in [0.717, 1.165) is 6.42 Å². The van der Waals surface area contributed by atoms with Crippen LogP contribution in [0.2, 0.25) is 0 Å². The lowest BCUT2D eigenvalue weighted by Crippen LogP contribution is -2.50. The van der Waals surface area contributed by atoms with Crippen molar-refractivity contribution in [1.82, 2.24) is 4.90 Å². The summed E-state index contributed by atoms with van der Waals surface area (Å²) in [5.41, 5.74) is -0.0669. The van der Waals surface area contributed by atoms with Gasteiger partial charge in [-0.15, -0.1) is 0 Å². The summed E-state index contributed by atoms with van der Waals surface area (Å²) in [7, 11) is 0. The van der Waals surface area contributed by atoms with Gasteiger partial charge >= 0.3 is 5.97 Å². The normalized spacial score (nSPS) is 24.6. The molecule has 0 radical (unpaired) electrons. The SMILES string of the molecule is CC1CCN(CC(F)(F)c2ccccc2)C(C(=O)O)C1. The van der Waals surface area contributed by atoms with Crippen molar-refractivity contribution in [3.8, 4) is 0 Å². The molecule has 0 saturated carbocycles. The van der Waals surface area contributed by atoms with E-state index in [9.17, 15) is 18.7 Å². The molecule has 2 unspecified atom stereocenters. The van der Waals surface area contributed by atoms with Gasteiger partial charge in [-0.3, -0.25) is 9.69 Å². The van der Waals surface area contributed by atoms with Gasteiger partial charge in [0.25, 0.3) is 5.92 Å². The van der Waals surface area contributed by atoms with Crippen LogP contribution in [0.5, 0.6) is 0 Å². The third-order valence-corrected chi connectivity index (χ3v) is 3.86. The molecule has 110 valence electrons. The number of benzene rings is 1. The first-order valence-electron chi connectivity index (χ1n) is 6.80. The lowest BCUT2D eigenvalue weighted by molar-refractivity contribution is -0.148. The van der Waals surface area contributed by atoms with Crippen LogP contribution < -0.4 is 0 Å². The lowest BCUT2D eigenvalue weighted by Gasteiger charge is -2.37. The first-order chi connectivity index (χ1) is 9.40. The highest BCUT2D eigenvalue weighted by Crippen LogP contribution is 2.32. The first-order valence-corrected chi connectivity index (χ1v) is 6.80. The van der Waals surface area contributed by atoms with E-state index in [-0.39, 0.29) is 11.5 Å². The minimum Gasteiger partial charge on any atom is -0.480 e. The van der Waals surface area contributed by atoms with Crippen LogP contribution in [0.1, 0.15) is 25.3 Å². The van der Waals surface area contributed by atoms with Crippen molar-refractivity contribution in [1.29, 1.82) is 0 Å². The summed E-state index contributed by atoms with van der Waals surface area (Å²) in [6.45, 7) is 1.82. The zero-order chi connectivity index (χ0) is 14.8. The second-order valence-electron chi connectivity index (χ2n) is 5.52. The Morgan fingerprint density at radius 1 is 1.40 bits per heavy atom. The van der Waals surface area contributed by atoms with Gasteiger partial charge < -0.3 is 5.11 Å². The van der Waals surface area contributed by atoms with E-state index in [1.54, 1.807) is 18.2 Å². The predicted octanol–water partition coefficient (Wildman–Crippen LogP) is 2.96. The van der Waals surface area contributed by atoms with Gasteiger partial charge in [-0.2, -0.15) is 8.78 Å². The number of carboxylic acids is 1. The summed E-state index contributed by atoms with van der Waals surface area (Å²) >= 11 is 0. The average molecular weight is 283 g/mol. The van der Waals surface area contributed by atoms with Crippen LogP contribution in [0, 0.1) is 5.92 Å². The van der Waals surface area contributed by atoms with Gasteiger partial charge in [0.05, 0.1) is 6.54 Å². The molecule has 1 saturated heterocycles. The van der Waals surface area contributed by atoms with Gasteiger partial charge in [-0.05, 0) is 25.3 Å². The lowest BCUT2D eigenvalue weighted by atomic mass is 9.91. The van der Waals surface area contributed by atoms with Gasteiger partial charge in [0.2, 0.25) is 0 Å². The molecule has 0 bridgehead atoms. The summed E-state index contributed by atoms with van der Waals surface area (Å²) in [6, 6.07) is 6.76. The van der Waals surface area contributed by atoms with Crippen molar-refractivity contribution in [2.75, 3.05) is 13.1 Å². The van der Waals surface area contributed by atoms with Crippen molar-refractivity contribution in [3.63, 3.8) is 0 Å². The molecular formula is C15H19F2NO2. The van der Waals surface area contributed by atoms with Gasteiger partial charge in [0, 0.05) is 5.56 Å². The fourth-order valence-electron chi connectivity index (χ4n) is 2.66. The Hall–Kier alpha value is -1.49. The topological polar surface area (TPSA) is 40.5 Å². The van der Waals surface area contributed by atoms with E-state index in [0.29, 0.717) is 13.0 Å². The second kappa shape index (κ2) is 5.87.